The summed E-state index contributed by atoms with van der Waals surface area (Å²) in [6.45, 7) is -0.0698. The largest absolute Gasteiger partial charge is 0.469 e. The number of ether oxygens (including phenoxy) is 2. The molecule has 0 saturated heterocycles. The standard InChI is InChI=1S/C9H16O3.C8H14O2/c1-12-8(11)9(7-10)5-3-2-4-6-9;1-10-8(9)7-5-3-2-4-6-7/h10H,2-7H2,1H3;7H,2-6H2,1H3. The lowest BCUT2D eigenvalue weighted by Crippen LogP contribution is -2.37. The Hall–Kier alpha value is -1.10. The van der Waals surface area contributed by atoms with Crippen molar-refractivity contribution in [3.05, 3.63) is 0 Å². The lowest BCUT2D eigenvalue weighted by atomic mass is 9.75. The summed E-state index contributed by atoms with van der Waals surface area (Å²) in [4.78, 5) is 22.3. The van der Waals surface area contributed by atoms with E-state index in [1.165, 1.54) is 39.9 Å². The summed E-state index contributed by atoms with van der Waals surface area (Å²) in [7, 11) is 2.85. The second-order valence-electron chi connectivity index (χ2n) is 6.35. The summed E-state index contributed by atoms with van der Waals surface area (Å²) in [6, 6.07) is 0. The number of esters is 2. The highest BCUT2D eigenvalue weighted by molar-refractivity contribution is 5.77. The van der Waals surface area contributed by atoms with Gasteiger partial charge >= 0.3 is 11.9 Å². The molecule has 0 bridgehead atoms. The quantitative estimate of drug-likeness (QED) is 0.811. The van der Waals surface area contributed by atoms with Crippen LogP contribution in [0.3, 0.4) is 0 Å². The number of carbonyl (C=O) groups is 2. The molecule has 2 fully saturated rings. The molecule has 5 heteroatoms. The highest BCUT2D eigenvalue weighted by atomic mass is 16.5. The minimum Gasteiger partial charge on any atom is -0.469 e. The smallest absolute Gasteiger partial charge is 0.314 e. The second kappa shape index (κ2) is 9.82. The fraction of sp³-hybridized carbons (Fsp3) is 0.882. The van der Waals surface area contributed by atoms with Gasteiger partial charge in [0.1, 0.15) is 0 Å². The Morgan fingerprint density at radius 1 is 0.955 bits per heavy atom. The van der Waals surface area contributed by atoms with E-state index in [1.54, 1.807) is 0 Å². The van der Waals surface area contributed by atoms with Crippen LogP contribution < -0.4 is 0 Å². The first-order chi connectivity index (χ1) is 10.6. The van der Waals surface area contributed by atoms with Gasteiger partial charge in [-0.3, -0.25) is 9.59 Å². The van der Waals surface area contributed by atoms with Crippen molar-refractivity contribution in [1.82, 2.24) is 0 Å². The fourth-order valence-corrected chi connectivity index (χ4v) is 3.38. The van der Waals surface area contributed by atoms with E-state index < -0.39 is 5.41 Å². The normalized spacial score (nSPS) is 21.2. The molecule has 2 aliphatic rings. The third-order valence-electron chi connectivity index (χ3n) is 4.87. The Labute approximate surface area is 133 Å². The third kappa shape index (κ3) is 5.27. The molecular weight excluding hydrogens is 284 g/mol. The molecule has 0 atom stereocenters. The monoisotopic (exact) mass is 314 g/mol. The number of aliphatic hydroxyl groups is 1. The molecule has 5 nitrogen and oxygen atoms in total. The van der Waals surface area contributed by atoms with Crippen LogP contribution in [-0.4, -0.2) is 37.9 Å². The molecule has 0 aromatic heterocycles. The predicted octanol–water partition coefficient (Wildman–Crippen LogP) is 2.84. The molecule has 2 saturated carbocycles. The Bertz CT molecular complexity index is 341. The molecule has 0 unspecified atom stereocenters. The number of methoxy groups -OCH3 is 2. The highest BCUT2D eigenvalue weighted by Gasteiger charge is 2.39. The first-order valence-corrected chi connectivity index (χ1v) is 8.37. The zero-order valence-electron chi connectivity index (χ0n) is 13.9. The summed E-state index contributed by atoms with van der Waals surface area (Å²) < 4.78 is 9.34. The van der Waals surface area contributed by atoms with Crippen molar-refractivity contribution < 1.29 is 24.2 Å². The summed E-state index contributed by atoms with van der Waals surface area (Å²) in [5, 5.41) is 9.14. The van der Waals surface area contributed by atoms with Crippen LogP contribution in [0.25, 0.3) is 0 Å². The number of hydrogen-bond acceptors (Lipinski definition) is 5. The molecule has 2 rings (SSSR count). The van der Waals surface area contributed by atoms with Gasteiger partial charge in [0, 0.05) is 0 Å². The van der Waals surface area contributed by atoms with Crippen molar-refractivity contribution in [3.63, 3.8) is 0 Å². The molecule has 1 N–H and O–H groups in total. The van der Waals surface area contributed by atoms with Gasteiger partial charge in [-0.15, -0.1) is 0 Å². The number of carbonyl (C=O) groups excluding carboxylic acids is 2. The van der Waals surface area contributed by atoms with Gasteiger partial charge in [0.15, 0.2) is 0 Å². The van der Waals surface area contributed by atoms with Crippen LogP contribution in [0.5, 0.6) is 0 Å². The van der Waals surface area contributed by atoms with Crippen LogP contribution in [0, 0.1) is 11.3 Å². The first-order valence-electron chi connectivity index (χ1n) is 8.37. The van der Waals surface area contributed by atoms with E-state index in [2.05, 4.69) is 9.47 Å². The lowest BCUT2D eigenvalue weighted by Gasteiger charge is -2.32. The van der Waals surface area contributed by atoms with E-state index in [-0.39, 0.29) is 24.5 Å². The molecule has 0 aliphatic heterocycles. The van der Waals surface area contributed by atoms with Gasteiger partial charge in [-0.2, -0.15) is 0 Å². The van der Waals surface area contributed by atoms with E-state index in [4.69, 9.17) is 5.11 Å². The van der Waals surface area contributed by atoms with Crippen molar-refractivity contribution in [1.29, 1.82) is 0 Å². The van der Waals surface area contributed by atoms with Crippen LogP contribution in [0.4, 0.5) is 0 Å². The van der Waals surface area contributed by atoms with Gasteiger partial charge in [0.2, 0.25) is 0 Å². The molecule has 0 spiro atoms. The van der Waals surface area contributed by atoms with E-state index >= 15 is 0 Å². The van der Waals surface area contributed by atoms with E-state index in [1.807, 2.05) is 0 Å². The Balaban J connectivity index is 0.000000224. The van der Waals surface area contributed by atoms with Crippen molar-refractivity contribution in [2.24, 2.45) is 11.3 Å². The van der Waals surface area contributed by atoms with E-state index in [0.29, 0.717) is 0 Å². The average Bonchev–Trinajstić information content (AvgIpc) is 2.62. The molecule has 0 radical (unpaired) electrons. The van der Waals surface area contributed by atoms with Crippen molar-refractivity contribution in [2.45, 2.75) is 64.2 Å². The fourth-order valence-electron chi connectivity index (χ4n) is 3.38. The maximum absolute atomic E-state index is 11.3. The summed E-state index contributed by atoms with van der Waals surface area (Å²) in [6.07, 6.45) is 10.5. The number of rotatable bonds is 3. The topological polar surface area (TPSA) is 72.8 Å². The highest BCUT2D eigenvalue weighted by Crippen LogP contribution is 2.36. The average molecular weight is 314 g/mol. The molecule has 0 aromatic rings. The summed E-state index contributed by atoms with van der Waals surface area (Å²) in [5.41, 5.74) is -0.576. The molecule has 0 aromatic carbocycles. The lowest BCUT2D eigenvalue weighted by molar-refractivity contribution is -0.157. The Morgan fingerprint density at radius 3 is 1.95 bits per heavy atom. The van der Waals surface area contributed by atoms with Crippen LogP contribution in [0.15, 0.2) is 0 Å². The summed E-state index contributed by atoms with van der Waals surface area (Å²) in [5.74, 6) is -0.0526. The molecular formula is C17H30O5. The van der Waals surface area contributed by atoms with E-state index in [9.17, 15) is 9.59 Å². The molecule has 0 amide bonds. The first kappa shape index (κ1) is 18.9. The van der Waals surface area contributed by atoms with Gasteiger partial charge in [-0.25, -0.2) is 0 Å². The predicted molar refractivity (Wildman–Crippen MR) is 83.2 cm³/mol. The molecule has 2 aliphatic carbocycles. The molecule has 22 heavy (non-hydrogen) atoms. The maximum atomic E-state index is 11.3. The zero-order valence-corrected chi connectivity index (χ0v) is 13.9. The Kier molecular flexibility index (Phi) is 8.46. The van der Waals surface area contributed by atoms with E-state index in [0.717, 1.165) is 38.5 Å². The minimum atomic E-state index is -0.576. The maximum Gasteiger partial charge on any atom is 0.314 e. The zero-order chi connectivity index (χ0) is 16.4. The van der Waals surface area contributed by atoms with Crippen LogP contribution in [-0.2, 0) is 19.1 Å². The van der Waals surface area contributed by atoms with Crippen LogP contribution in [0.1, 0.15) is 64.2 Å². The number of aliphatic hydroxyl groups excluding tert-OH is 1. The van der Waals surface area contributed by atoms with Gasteiger partial charge in [-0.05, 0) is 25.7 Å². The van der Waals surface area contributed by atoms with Crippen molar-refractivity contribution >= 4 is 11.9 Å². The summed E-state index contributed by atoms with van der Waals surface area (Å²) >= 11 is 0. The second-order valence-corrected chi connectivity index (χ2v) is 6.35. The van der Waals surface area contributed by atoms with Crippen LogP contribution in [0.2, 0.25) is 0 Å². The molecule has 0 heterocycles. The minimum absolute atomic E-state index is 0.0142. The molecule has 128 valence electrons. The van der Waals surface area contributed by atoms with Gasteiger partial charge in [0.25, 0.3) is 0 Å². The SMILES string of the molecule is COC(=O)C1(CO)CCCCC1.COC(=O)C1CCCCC1. The Morgan fingerprint density at radius 2 is 1.50 bits per heavy atom. The third-order valence-corrected chi connectivity index (χ3v) is 4.87. The van der Waals surface area contributed by atoms with Crippen molar-refractivity contribution in [2.75, 3.05) is 20.8 Å². The van der Waals surface area contributed by atoms with Gasteiger partial charge < -0.3 is 14.6 Å². The number of hydrogen-bond donors (Lipinski definition) is 1. The van der Waals surface area contributed by atoms with Crippen LogP contribution >= 0.6 is 0 Å². The van der Waals surface area contributed by atoms with Gasteiger partial charge in [0.05, 0.1) is 32.2 Å². The van der Waals surface area contributed by atoms with Crippen molar-refractivity contribution in [3.8, 4) is 0 Å². The van der Waals surface area contributed by atoms with Gasteiger partial charge in [-0.1, -0.05) is 38.5 Å².